The van der Waals surface area contributed by atoms with E-state index in [1.165, 1.54) is 11.3 Å². The lowest BCUT2D eigenvalue weighted by molar-refractivity contribution is 0.876. The standard InChI is InChI=1S/C14H12BrN5S/c1-10-9-21-14(18-10)19-16-8-11-3-4-13(12(15)7-11)20-6-2-5-17-20/h2-9H,1H3,(H,18,19). The molecular weight excluding hydrogens is 350 g/mol. The van der Waals surface area contributed by atoms with Crippen LogP contribution in [-0.4, -0.2) is 21.0 Å². The van der Waals surface area contributed by atoms with Gasteiger partial charge in [0.15, 0.2) is 0 Å². The molecule has 0 bridgehead atoms. The van der Waals surface area contributed by atoms with Crippen LogP contribution in [0.3, 0.4) is 0 Å². The number of aromatic nitrogens is 3. The Morgan fingerprint density at radius 1 is 1.43 bits per heavy atom. The van der Waals surface area contributed by atoms with E-state index >= 15 is 0 Å². The number of halogens is 1. The zero-order chi connectivity index (χ0) is 14.7. The Kier molecular flexibility index (Phi) is 4.12. The number of nitrogens with zero attached hydrogens (tertiary/aromatic N) is 4. The lowest BCUT2D eigenvalue weighted by atomic mass is 10.2. The summed E-state index contributed by atoms with van der Waals surface area (Å²) in [5.74, 6) is 0. The molecule has 1 aromatic carbocycles. The quantitative estimate of drug-likeness (QED) is 0.567. The smallest absolute Gasteiger partial charge is 0.203 e. The summed E-state index contributed by atoms with van der Waals surface area (Å²) in [7, 11) is 0. The van der Waals surface area contributed by atoms with Gasteiger partial charge in [-0.05, 0) is 46.6 Å². The van der Waals surface area contributed by atoms with E-state index in [0.717, 1.165) is 26.5 Å². The highest BCUT2D eigenvalue weighted by Crippen LogP contribution is 2.21. The van der Waals surface area contributed by atoms with Crippen LogP contribution in [-0.2, 0) is 0 Å². The van der Waals surface area contributed by atoms with Gasteiger partial charge in [-0.2, -0.15) is 10.2 Å². The molecule has 0 saturated carbocycles. The second-order valence-electron chi connectivity index (χ2n) is 4.33. The molecule has 0 radical (unpaired) electrons. The van der Waals surface area contributed by atoms with E-state index in [-0.39, 0.29) is 0 Å². The maximum atomic E-state index is 4.28. The van der Waals surface area contributed by atoms with E-state index in [9.17, 15) is 0 Å². The summed E-state index contributed by atoms with van der Waals surface area (Å²) in [5.41, 5.74) is 5.88. The second-order valence-corrected chi connectivity index (χ2v) is 6.04. The molecule has 5 nitrogen and oxygen atoms in total. The average molecular weight is 362 g/mol. The fourth-order valence-corrected chi connectivity index (χ4v) is 2.98. The van der Waals surface area contributed by atoms with Crippen molar-refractivity contribution in [2.75, 3.05) is 5.43 Å². The Morgan fingerprint density at radius 2 is 2.33 bits per heavy atom. The zero-order valence-corrected chi connectivity index (χ0v) is 13.6. The number of hydrogen-bond donors (Lipinski definition) is 1. The van der Waals surface area contributed by atoms with E-state index in [0.29, 0.717) is 0 Å². The maximum Gasteiger partial charge on any atom is 0.203 e. The van der Waals surface area contributed by atoms with Crippen molar-refractivity contribution in [3.05, 3.63) is 57.8 Å². The van der Waals surface area contributed by atoms with Crippen LogP contribution in [0, 0.1) is 6.92 Å². The first kappa shape index (κ1) is 14.0. The van der Waals surface area contributed by atoms with Crippen LogP contribution in [0.5, 0.6) is 0 Å². The molecule has 2 heterocycles. The highest BCUT2D eigenvalue weighted by Gasteiger charge is 2.03. The summed E-state index contributed by atoms with van der Waals surface area (Å²) in [6.45, 7) is 1.95. The van der Waals surface area contributed by atoms with Gasteiger partial charge >= 0.3 is 0 Å². The fraction of sp³-hybridized carbons (Fsp3) is 0.0714. The van der Waals surface area contributed by atoms with E-state index in [2.05, 4.69) is 36.5 Å². The number of rotatable bonds is 4. The first-order valence-electron chi connectivity index (χ1n) is 6.23. The van der Waals surface area contributed by atoms with Crippen molar-refractivity contribution >= 4 is 38.6 Å². The molecule has 0 aliphatic carbocycles. The van der Waals surface area contributed by atoms with Crippen molar-refractivity contribution in [2.45, 2.75) is 6.92 Å². The van der Waals surface area contributed by atoms with Gasteiger partial charge in [-0.25, -0.2) is 9.67 Å². The predicted molar refractivity (Wildman–Crippen MR) is 89.3 cm³/mol. The number of benzene rings is 1. The molecule has 0 aliphatic heterocycles. The monoisotopic (exact) mass is 361 g/mol. The highest BCUT2D eigenvalue weighted by atomic mass is 79.9. The Bertz CT molecular complexity index is 764. The van der Waals surface area contributed by atoms with Crippen LogP contribution in [0.1, 0.15) is 11.3 Å². The van der Waals surface area contributed by atoms with Gasteiger partial charge in [0.05, 0.1) is 17.6 Å². The molecule has 0 amide bonds. The molecule has 106 valence electrons. The van der Waals surface area contributed by atoms with Gasteiger partial charge in [0.25, 0.3) is 0 Å². The number of aryl methyl sites for hydroxylation is 1. The number of nitrogens with one attached hydrogen (secondary N) is 1. The van der Waals surface area contributed by atoms with E-state index in [4.69, 9.17) is 0 Å². The summed E-state index contributed by atoms with van der Waals surface area (Å²) >= 11 is 5.09. The third kappa shape index (κ3) is 3.37. The van der Waals surface area contributed by atoms with Crippen LogP contribution < -0.4 is 5.43 Å². The van der Waals surface area contributed by atoms with Crippen LogP contribution in [0.25, 0.3) is 5.69 Å². The molecule has 0 atom stereocenters. The Hall–Kier alpha value is -1.99. The van der Waals surface area contributed by atoms with Crippen LogP contribution in [0.4, 0.5) is 5.13 Å². The Labute approximate surface area is 134 Å². The average Bonchev–Trinajstić information content (AvgIpc) is 3.11. The Balaban J connectivity index is 1.73. The van der Waals surface area contributed by atoms with Crippen molar-refractivity contribution in [3.8, 4) is 5.69 Å². The van der Waals surface area contributed by atoms with Crippen molar-refractivity contribution in [2.24, 2.45) is 5.10 Å². The maximum absolute atomic E-state index is 4.28. The molecule has 0 aliphatic rings. The van der Waals surface area contributed by atoms with Crippen molar-refractivity contribution in [1.29, 1.82) is 0 Å². The highest BCUT2D eigenvalue weighted by molar-refractivity contribution is 9.10. The minimum absolute atomic E-state index is 0.788. The predicted octanol–water partition coefficient (Wildman–Crippen LogP) is 3.85. The molecule has 3 rings (SSSR count). The molecule has 1 N–H and O–H groups in total. The lowest BCUT2D eigenvalue weighted by Gasteiger charge is -2.05. The minimum Gasteiger partial charge on any atom is -0.253 e. The van der Waals surface area contributed by atoms with Crippen LogP contribution >= 0.6 is 27.3 Å². The summed E-state index contributed by atoms with van der Waals surface area (Å²) < 4.78 is 2.77. The summed E-state index contributed by atoms with van der Waals surface area (Å²) in [4.78, 5) is 4.28. The first-order valence-corrected chi connectivity index (χ1v) is 7.90. The van der Waals surface area contributed by atoms with E-state index in [1.807, 2.05) is 47.4 Å². The second kappa shape index (κ2) is 6.19. The van der Waals surface area contributed by atoms with Gasteiger partial charge in [-0.15, -0.1) is 11.3 Å². The van der Waals surface area contributed by atoms with Crippen LogP contribution in [0.2, 0.25) is 0 Å². The third-order valence-electron chi connectivity index (χ3n) is 2.72. The largest absolute Gasteiger partial charge is 0.253 e. The molecule has 21 heavy (non-hydrogen) atoms. The van der Waals surface area contributed by atoms with E-state index < -0.39 is 0 Å². The number of thiazole rings is 1. The van der Waals surface area contributed by atoms with Crippen LogP contribution in [0.15, 0.2) is 51.6 Å². The summed E-state index contributed by atoms with van der Waals surface area (Å²) in [6, 6.07) is 7.86. The van der Waals surface area contributed by atoms with E-state index in [1.54, 1.807) is 12.4 Å². The van der Waals surface area contributed by atoms with Gasteiger partial charge < -0.3 is 0 Å². The SMILES string of the molecule is Cc1csc(NN=Cc2ccc(-n3cccn3)c(Br)c2)n1. The molecule has 2 aromatic heterocycles. The van der Waals surface area contributed by atoms with Crippen molar-refractivity contribution in [1.82, 2.24) is 14.8 Å². The number of hydrazone groups is 1. The van der Waals surface area contributed by atoms with Gasteiger partial charge in [0.1, 0.15) is 0 Å². The zero-order valence-electron chi connectivity index (χ0n) is 11.2. The van der Waals surface area contributed by atoms with Crippen molar-refractivity contribution < 1.29 is 0 Å². The van der Waals surface area contributed by atoms with Gasteiger partial charge in [0, 0.05) is 22.2 Å². The normalized spacial score (nSPS) is 11.1. The molecule has 0 saturated heterocycles. The molecular formula is C14H12BrN5S. The number of hydrogen-bond acceptors (Lipinski definition) is 5. The summed E-state index contributed by atoms with van der Waals surface area (Å²) in [6.07, 6.45) is 5.41. The topological polar surface area (TPSA) is 55.1 Å². The third-order valence-corrected chi connectivity index (χ3v) is 4.22. The molecule has 0 fully saturated rings. The van der Waals surface area contributed by atoms with Gasteiger partial charge in [-0.1, -0.05) is 6.07 Å². The lowest BCUT2D eigenvalue weighted by Crippen LogP contribution is -1.96. The number of anilines is 1. The molecule has 0 spiro atoms. The fourth-order valence-electron chi connectivity index (χ4n) is 1.77. The molecule has 3 aromatic rings. The van der Waals surface area contributed by atoms with Crippen molar-refractivity contribution in [3.63, 3.8) is 0 Å². The minimum atomic E-state index is 0.788. The molecule has 0 unspecified atom stereocenters. The summed E-state index contributed by atoms with van der Waals surface area (Å²) in [5, 5.41) is 11.2. The van der Waals surface area contributed by atoms with Gasteiger partial charge in [-0.3, -0.25) is 5.43 Å². The first-order chi connectivity index (χ1) is 10.2. The van der Waals surface area contributed by atoms with Gasteiger partial charge in [0.2, 0.25) is 5.13 Å². The molecule has 7 heteroatoms. The Morgan fingerprint density at radius 3 is 3.00 bits per heavy atom.